The van der Waals surface area contributed by atoms with E-state index in [-0.39, 0.29) is 12.3 Å². The summed E-state index contributed by atoms with van der Waals surface area (Å²) in [7, 11) is 0. The summed E-state index contributed by atoms with van der Waals surface area (Å²) in [6.45, 7) is 3.96. The highest BCUT2D eigenvalue weighted by Gasteiger charge is 2.22. The Morgan fingerprint density at radius 3 is 2.45 bits per heavy atom. The number of rotatable bonds is 10. The number of aryl methyl sites for hydroxylation is 2. The first-order valence-corrected chi connectivity index (χ1v) is 10.8. The molecule has 1 amide bonds. The van der Waals surface area contributed by atoms with Gasteiger partial charge in [0.15, 0.2) is 6.10 Å². The quantitative estimate of drug-likeness (QED) is 0.356. The lowest BCUT2D eigenvalue weighted by Crippen LogP contribution is -2.34. The zero-order chi connectivity index (χ0) is 22.2. The second-order valence-electron chi connectivity index (χ2n) is 7.74. The van der Waals surface area contributed by atoms with Crippen molar-refractivity contribution in [2.24, 2.45) is 0 Å². The molecular weight excluding hydrogens is 394 g/mol. The maximum atomic E-state index is 12.6. The Hall–Kier alpha value is -3.15. The fraction of sp³-hybridized carbons (Fsp3) is 0.400. The van der Waals surface area contributed by atoms with Crippen LogP contribution in [0.15, 0.2) is 42.5 Å². The first kappa shape index (κ1) is 22.5. The van der Waals surface area contributed by atoms with Gasteiger partial charge in [-0.2, -0.15) is 0 Å². The summed E-state index contributed by atoms with van der Waals surface area (Å²) in [5, 5.41) is 2.52. The van der Waals surface area contributed by atoms with Crippen LogP contribution in [0.1, 0.15) is 65.0 Å². The number of ketones is 1. The predicted octanol–water partition coefficient (Wildman–Crippen LogP) is 3.90. The lowest BCUT2D eigenvalue weighted by Gasteiger charge is -2.13. The highest BCUT2D eigenvalue weighted by atomic mass is 16.5. The van der Waals surface area contributed by atoms with Crippen molar-refractivity contribution >= 4 is 17.7 Å². The number of benzene rings is 2. The Morgan fingerprint density at radius 1 is 1.00 bits per heavy atom. The van der Waals surface area contributed by atoms with Crippen molar-refractivity contribution in [3.05, 3.63) is 64.7 Å². The molecule has 2 aromatic rings. The van der Waals surface area contributed by atoms with Crippen LogP contribution in [0.2, 0.25) is 0 Å². The van der Waals surface area contributed by atoms with E-state index >= 15 is 0 Å². The van der Waals surface area contributed by atoms with Gasteiger partial charge in [0.2, 0.25) is 5.78 Å². The third-order valence-electron chi connectivity index (χ3n) is 5.34. The fourth-order valence-corrected chi connectivity index (χ4v) is 3.54. The normalized spacial score (nSPS) is 13.2. The van der Waals surface area contributed by atoms with Gasteiger partial charge in [0.05, 0.1) is 6.61 Å². The van der Waals surface area contributed by atoms with Crippen molar-refractivity contribution in [1.82, 2.24) is 5.32 Å². The molecule has 164 valence electrons. The van der Waals surface area contributed by atoms with Crippen LogP contribution in [-0.2, 0) is 22.4 Å². The van der Waals surface area contributed by atoms with Crippen molar-refractivity contribution < 1.29 is 23.9 Å². The van der Waals surface area contributed by atoms with Crippen molar-refractivity contribution in [2.75, 3.05) is 13.2 Å². The Morgan fingerprint density at radius 2 is 1.71 bits per heavy atom. The summed E-state index contributed by atoms with van der Waals surface area (Å²) >= 11 is 0. The molecule has 0 aliphatic heterocycles. The van der Waals surface area contributed by atoms with Crippen molar-refractivity contribution in [3.8, 4) is 5.75 Å². The van der Waals surface area contributed by atoms with Gasteiger partial charge in [0, 0.05) is 11.1 Å². The molecule has 0 radical (unpaired) electrons. The third-order valence-corrected chi connectivity index (χ3v) is 5.34. The number of fused-ring (bicyclic) bond motifs is 1. The van der Waals surface area contributed by atoms with E-state index in [1.807, 2.05) is 12.1 Å². The van der Waals surface area contributed by atoms with Gasteiger partial charge in [-0.25, -0.2) is 0 Å². The van der Waals surface area contributed by atoms with E-state index in [0.29, 0.717) is 23.5 Å². The largest absolute Gasteiger partial charge is 0.494 e. The van der Waals surface area contributed by atoms with Gasteiger partial charge < -0.3 is 14.8 Å². The van der Waals surface area contributed by atoms with E-state index in [4.69, 9.17) is 9.47 Å². The number of esters is 1. The molecule has 0 aromatic heterocycles. The van der Waals surface area contributed by atoms with Crippen LogP contribution in [0.3, 0.4) is 0 Å². The summed E-state index contributed by atoms with van der Waals surface area (Å²) in [5.74, 6) is -0.596. The number of hydrogen-bond acceptors (Lipinski definition) is 5. The van der Waals surface area contributed by atoms with E-state index in [0.717, 1.165) is 32.1 Å². The maximum Gasteiger partial charge on any atom is 0.326 e. The molecule has 0 fully saturated rings. The van der Waals surface area contributed by atoms with Crippen LogP contribution in [0.25, 0.3) is 0 Å². The van der Waals surface area contributed by atoms with Crippen LogP contribution in [-0.4, -0.2) is 36.9 Å². The molecule has 0 saturated heterocycles. The molecule has 31 heavy (non-hydrogen) atoms. The van der Waals surface area contributed by atoms with Crippen molar-refractivity contribution in [3.63, 3.8) is 0 Å². The lowest BCUT2D eigenvalue weighted by atomic mass is 10.0. The van der Waals surface area contributed by atoms with Gasteiger partial charge in [-0.05, 0) is 74.1 Å². The average Bonchev–Trinajstić information content (AvgIpc) is 3.25. The third kappa shape index (κ3) is 6.17. The highest BCUT2D eigenvalue weighted by Crippen LogP contribution is 2.23. The smallest absolute Gasteiger partial charge is 0.326 e. The van der Waals surface area contributed by atoms with Crippen molar-refractivity contribution in [1.29, 1.82) is 0 Å². The van der Waals surface area contributed by atoms with Crippen LogP contribution in [0, 0.1) is 0 Å². The minimum Gasteiger partial charge on any atom is -0.494 e. The topological polar surface area (TPSA) is 81.7 Å². The zero-order valence-corrected chi connectivity index (χ0v) is 18.1. The molecule has 1 N–H and O–H groups in total. The van der Waals surface area contributed by atoms with E-state index in [1.165, 1.54) is 11.1 Å². The first-order valence-electron chi connectivity index (χ1n) is 10.8. The highest BCUT2D eigenvalue weighted by molar-refractivity contribution is 6.01. The summed E-state index contributed by atoms with van der Waals surface area (Å²) < 4.78 is 10.8. The van der Waals surface area contributed by atoms with Crippen LogP contribution >= 0.6 is 0 Å². The van der Waals surface area contributed by atoms with E-state index in [1.54, 1.807) is 37.3 Å². The molecule has 0 unspecified atom stereocenters. The Bertz CT molecular complexity index is 935. The number of Topliss-reactive ketones (excluding diaryl/α,β-unsaturated/α-hetero) is 1. The zero-order valence-electron chi connectivity index (χ0n) is 18.1. The molecule has 3 rings (SSSR count). The van der Waals surface area contributed by atoms with Gasteiger partial charge in [-0.1, -0.05) is 25.5 Å². The summed E-state index contributed by atoms with van der Waals surface area (Å²) in [6.07, 6.45) is 4.23. The van der Waals surface area contributed by atoms with Gasteiger partial charge in [-0.3, -0.25) is 14.4 Å². The standard InChI is InChI=1S/C25H29NO5/c1-3-4-14-30-22-12-10-19(11-13-22)25(29)26-16-23(27)31-17(2)24(28)21-9-8-18-6-5-7-20(18)15-21/h8-13,15,17H,3-7,14,16H2,1-2H3,(H,26,29)/t17-/m0/s1. The number of unbranched alkanes of at least 4 members (excludes halogenated alkanes) is 1. The molecule has 1 aliphatic rings. The fourth-order valence-electron chi connectivity index (χ4n) is 3.54. The second kappa shape index (κ2) is 10.8. The molecule has 0 saturated carbocycles. The van der Waals surface area contributed by atoms with E-state index < -0.39 is 18.0 Å². The van der Waals surface area contributed by atoms with E-state index in [2.05, 4.69) is 12.2 Å². The van der Waals surface area contributed by atoms with Crippen LogP contribution in [0.4, 0.5) is 0 Å². The van der Waals surface area contributed by atoms with Crippen molar-refractivity contribution in [2.45, 2.75) is 52.1 Å². The van der Waals surface area contributed by atoms with Gasteiger partial charge >= 0.3 is 5.97 Å². The number of ether oxygens (including phenoxy) is 2. The SMILES string of the molecule is CCCCOc1ccc(C(=O)NCC(=O)O[C@@H](C)C(=O)c2ccc3c(c2)CCC3)cc1. The molecule has 0 bridgehead atoms. The minimum absolute atomic E-state index is 0.243. The number of carbonyl (C=O) groups excluding carboxylic acids is 3. The summed E-state index contributed by atoms with van der Waals surface area (Å²) in [4.78, 5) is 36.9. The summed E-state index contributed by atoms with van der Waals surface area (Å²) in [5.41, 5.74) is 3.44. The number of carbonyl (C=O) groups is 3. The van der Waals surface area contributed by atoms with Gasteiger partial charge in [0.1, 0.15) is 12.3 Å². The maximum absolute atomic E-state index is 12.6. The Balaban J connectivity index is 1.45. The van der Waals surface area contributed by atoms with Crippen LogP contribution < -0.4 is 10.1 Å². The van der Waals surface area contributed by atoms with Gasteiger partial charge in [0.25, 0.3) is 5.91 Å². The first-order chi connectivity index (χ1) is 15.0. The monoisotopic (exact) mass is 423 g/mol. The van der Waals surface area contributed by atoms with E-state index in [9.17, 15) is 14.4 Å². The number of nitrogens with one attached hydrogen (secondary N) is 1. The van der Waals surface area contributed by atoms with Gasteiger partial charge in [-0.15, -0.1) is 0 Å². The average molecular weight is 424 g/mol. The minimum atomic E-state index is -0.914. The number of amides is 1. The molecule has 0 heterocycles. The molecular formula is C25H29NO5. The Kier molecular flexibility index (Phi) is 7.82. The molecule has 1 atom stereocenters. The molecule has 2 aromatic carbocycles. The molecule has 1 aliphatic carbocycles. The molecule has 6 nitrogen and oxygen atoms in total. The summed E-state index contributed by atoms with van der Waals surface area (Å²) in [6, 6.07) is 12.4. The van der Waals surface area contributed by atoms with Crippen LogP contribution in [0.5, 0.6) is 5.75 Å². The molecule has 0 spiro atoms. The second-order valence-corrected chi connectivity index (χ2v) is 7.74. The number of hydrogen-bond donors (Lipinski definition) is 1. The molecule has 6 heteroatoms. The Labute approximate surface area is 182 Å². The lowest BCUT2D eigenvalue weighted by molar-refractivity contribution is -0.145. The predicted molar refractivity (Wildman–Crippen MR) is 118 cm³/mol.